The predicted octanol–water partition coefficient (Wildman–Crippen LogP) is 0.700. The first kappa shape index (κ1) is 12.3. The van der Waals surface area contributed by atoms with Crippen LogP contribution in [-0.4, -0.2) is 38.7 Å². The summed E-state index contributed by atoms with van der Waals surface area (Å²) >= 11 is 0. The standard InChI is InChI=1S/C9H17NO4S/c1-2-3-5-10-9(11)14-8-4-6-15(12,13)7-8/h8H,2-7H2,1H3,(H,10,11)/t8-/m1/s1. The van der Waals surface area contributed by atoms with Gasteiger partial charge >= 0.3 is 6.09 Å². The van der Waals surface area contributed by atoms with Gasteiger partial charge in [-0.15, -0.1) is 0 Å². The summed E-state index contributed by atoms with van der Waals surface area (Å²) in [5, 5.41) is 2.58. The molecule has 1 atom stereocenters. The zero-order valence-electron chi connectivity index (χ0n) is 8.86. The molecule has 1 rings (SSSR count). The van der Waals surface area contributed by atoms with Gasteiger partial charge in [-0.25, -0.2) is 13.2 Å². The van der Waals surface area contributed by atoms with Crippen molar-refractivity contribution in [3.8, 4) is 0 Å². The zero-order chi connectivity index (χ0) is 11.3. The maximum Gasteiger partial charge on any atom is 0.407 e. The van der Waals surface area contributed by atoms with Crippen molar-refractivity contribution in [3.05, 3.63) is 0 Å². The highest BCUT2D eigenvalue weighted by atomic mass is 32.2. The molecule has 1 aliphatic rings. The number of alkyl carbamates (subject to hydrolysis) is 1. The van der Waals surface area contributed by atoms with Gasteiger partial charge in [-0.3, -0.25) is 0 Å². The first-order valence-electron chi connectivity index (χ1n) is 5.18. The van der Waals surface area contributed by atoms with E-state index in [1.807, 2.05) is 6.92 Å². The fraction of sp³-hybridized carbons (Fsp3) is 0.889. The van der Waals surface area contributed by atoms with Crippen molar-refractivity contribution < 1.29 is 17.9 Å². The molecule has 1 amide bonds. The Labute approximate surface area is 90.1 Å². The summed E-state index contributed by atoms with van der Waals surface area (Å²) in [7, 11) is -2.97. The molecule has 1 aliphatic heterocycles. The minimum absolute atomic E-state index is 0.0335. The molecule has 5 nitrogen and oxygen atoms in total. The van der Waals surface area contributed by atoms with E-state index in [1.54, 1.807) is 0 Å². The van der Waals surface area contributed by atoms with Gasteiger partial charge < -0.3 is 10.1 Å². The molecule has 1 saturated heterocycles. The van der Waals surface area contributed by atoms with Crippen molar-refractivity contribution in [3.63, 3.8) is 0 Å². The van der Waals surface area contributed by atoms with Crippen molar-refractivity contribution >= 4 is 15.9 Å². The van der Waals surface area contributed by atoms with Crippen molar-refractivity contribution in [2.45, 2.75) is 32.3 Å². The number of nitrogens with one attached hydrogen (secondary N) is 1. The lowest BCUT2D eigenvalue weighted by atomic mass is 10.3. The van der Waals surface area contributed by atoms with Crippen molar-refractivity contribution in [1.82, 2.24) is 5.32 Å². The normalized spacial score (nSPS) is 23.7. The van der Waals surface area contributed by atoms with E-state index in [4.69, 9.17) is 4.74 Å². The first-order chi connectivity index (χ1) is 7.03. The van der Waals surface area contributed by atoms with Crippen molar-refractivity contribution in [2.75, 3.05) is 18.1 Å². The molecule has 6 heteroatoms. The number of hydrogen-bond donors (Lipinski definition) is 1. The van der Waals surface area contributed by atoms with Crippen LogP contribution in [0.15, 0.2) is 0 Å². The second-order valence-electron chi connectivity index (χ2n) is 3.71. The van der Waals surface area contributed by atoms with Crippen LogP contribution in [0.25, 0.3) is 0 Å². The average Bonchev–Trinajstić information content (AvgIpc) is 2.46. The Morgan fingerprint density at radius 2 is 2.27 bits per heavy atom. The van der Waals surface area contributed by atoms with Crippen molar-refractivity contribution in [2.24, 2.45) is 0 Å². The maximum absolute atomic E-state index is 11.2. The first-order valence-corrected chi connectivity index (χ1v) is 7.00. The minimum atomic E-state index is -2.97. The summed E-state index contributed by atoms with van der Waals surface area (Å²) in [6, 6.07) is 0. The summed E-state index contributed by atoms with van der Waals surface area (Å²) in [6.07, 6.45) is 1.35. The third-order valence-corrected chi connectivity index (χ3v) is 4.00. The molecule has 0 unspecified atom stereocenters. The monoisotopic (exact) mass is 235 g/mol. The second kappa shape index (κ2) is 5.34. The summed E-state index contributed by atoms with van der Waals surface area (Å²) in [6.45, 7) is 2.60. The van der Waals surface area contributed by atoms with Crippen molar-refractivity contribution in [1.29, 1.82) is 0 Å². The lowest BCUT2D eigenvalue weighted by molar-refractivity contribution is 0.110. The van der Waals surface area contributed by atoms with E-state index < -0.39 is 22.0 Å². The number of hydrogen-bond acceptors (Lipinski definition) is 4. The van der Waals surface area contributed by atoms with Crippen LogP contribution in [0.4, 0.5) is 4.79 Å². The number of ether oxygens (including phenoxy) is 1. The number of carbonyl (C=O) groups is 1. The van der Waals surface area contributed by atoms with Crippen LogP contribution in [0, 0.1) is 0 Å². The van der Waals surface area contributed by atoms with Crippen LogP contribution < -0.4 is 5.32 Å². The molecular weight excluding hydrogens is 218 g/mol. The van der Waals surface area contributed by atoms with E-state index in [-0.39, 0.29) is 11.5 Å². The summed E-state index contributed by atoms with van der Waals surface area (Å²) < 4.78 is 27.1. The molecule has 1 fully saturated rings. The highest BCUT2D eigenvalue weighted by molar-refractivity contribution is 7.91. The van der Waals surface area contributed by atoms with Crippen LogP contribution in [-0.2, 0) is 14.6 Å². The van der Waals surface area contributed by atoms with Gasteiger partial charge in [-0.05, 0) is 12.8 Å². The van der Waals surface area contributed by atoms with E-state index in [2.05, 4.69) is 5.32 Å². The smallest absolute Gasteiger partial charge is 0.407 e. The fourth-order valence-corrected chi connectivity index (χ4v) is 3.00. The molecule has 0 aliphatic carbocycles. The molecule has 0 aromatic heterocycles. The van der Waals surface area contributed by atoms with E-state index in [1.165, 1.54) is 0 Å². The lowest BCUT2D eigenvalue weighted by Gasteiger charge is -2.10. The summed E-state index contributed by atoms with van der Waals surface area (Å²) in [4.78, 5) is 11.2. The highest BCUT2D eigenvalue weighted by Crippen LogP contribution is 2.14. The van der Waals surface area contributed by atoms with Gasteiger partial charge in [0.15, 0.2) is 9.84 Å². The third kappa shape index (κ3) is 4.51. The minimum Gasteiger partial charge on any atom is -0.445 e. The van der Waals surface area contributed by atoms with Crippen LogP contribution in [0.1, 0.15) is 26.2 Å². The topological polar surface area (TPSA) is 72.5 Å². The van der Waals surface area contributed by atoms with Gasteiger partial charge in [-0.1, -0.05) is 13.3 Å². The molecule has 15 heavy (non-hydrogen) atoms. The van der Waals surface area contributed by atoms with Crippen LogP contribution >= 0.6 is 0 Å². The average molecular weight is 235 g/mol. The molecular formula is C9H17NO4S. The Morgan fingerprint density at radius 3 is 2.80 bits per heavy atom. The van der Waals surface area contributed by atoms with Gasteiger partial charge in [0, 0.05) is 6.54 Å². The predicted molar refractivity (Wildman–Crippen MR) is 56.5 cm³/mol. The number of rotatable bonds is 4. The number of unbranched alkanes of at least 4 members (excludes halogenated alkanes) is 1. The second-order valence-corrected chi connectivity index (χ2v) is 5.94. The molecule has 0 radical (unpaired) electrons. The maximum atomic E-state index is 11.2. The van der Waals surface area contributed by atoms with Gasteiger partial charge in [0.25, 0.3) is 0 Å². The SMILES string of the molecule is CCCCNC(=O)O[C@@H]1CCS(=O)(=O)C1. The Morgan fingerprint density at radius 1 is 1.53 bits per heavy atom. The highest BCUT2D eigenvalue weighted by Gasteiger charge is 2.30. The number of sulfone groups is 1. The molecule has 0 bridgehead atoms. The van der Waals surface area contributed by atoms with Crippen LogP contribution in [0.2, 0.25) is 0 Å². The van der Waals surface area contributed by atoms with E-state index in [9.17, 15) is 13.2 Å². The fourth-order valence-electron chi connectivity index (χ4n) is 1.41. The van der Waals surface area contributed by atoms with Gasteiger partial charge in [0.1, 0.15) is 6.10 Å². The van der Waals surface area contributed by atoms with Gasteiger partial charge in [-0.2, -0.15) is 0 Å². The van der Waals surface area contributed by atoms with E-state index in [0.29, 0.717) is 13.0 Å². The Kier molecular flexibility index (Phi) is 4.38. The third-order valence-electron chi connectivity index (χ3n) is 2.26. The Bertz CT molecular complexity index is 312. The number of carbonyl (C=O) groups excluding carboxylic acids is 1. The summed E-state index contributed by atoms with van der Waals surface area (Å²) in [5.74, 6) is 0.0914. The van der Waals surface area contributed by atoms with Crippen LogP contribution in [0.5, 0.6) is 0 Å². The molecule has 1 heterocycles. The van der Waals surface area contributed by atoms with Gasteiger partial charge in [0.2, 0.25) is 0 Å². The van der Waals surface area contributed by atoms with E-state index >= 15 is 0 Å². The van der Waals surface area contributed by atoms with Crippen LogP contribution in [0.3, 0.4) is 0 Å². The molecule has 88 valence electrons. The molecule has 1 N–H and O–H groups in total. The molecule has 0 aromatic rings. The molecule has 0 spiro atoms. The zero-order valence-corrected chi connectivity index (χ0v) is 9.68. The van der Waals surface area contributed by atoms with Gasteiger partial charge in [0.05, 0.1) is 11.5 Å². The quantitative estimate of drug-likeness (QED) is 0.728. The van der Waals surface area contributed by atoms with E-state index in [0.717, 1.165) is 12.8 Å². The molecule has 0 saturated carbocycles. The summed E-state index contributed by atoms with van der Waals surface area (Å²) in [5.41, 5.74) is 0. The largest absolute Gasteiger partial charge is 0.445 e. The Balaban J connectivity index is 2.22. The Hall–Kier alpha value is -0.780. The molecule has 0 aromatic carbocycles. The lowest BCUT2D eigenvalue weighted by Crippen LogP contribution is -2.30. The number of amides is 1.